The summed E-state index contributed by atoms with van der Waals surface area (Å²) in [6, 6.07) is 0. The van der Waals surface area contributed by atoms with Gasteiger partial charge < -0.3 is 4.32 Å². The highest BCUT2D eigenvalue weighted by atomic mass is 127. The molecule has 0 saturated carbocycles. The molecule has 4 heteroatoms. The molecule has 0 rings (SSSR count). The van der Waals surface area contributed by atoms with Gasteiger partial charge in [0.15, 0.2) is 0 Å². The Labute approximate surface area is 40.7 Å². The van der Waals surface area contributed by atoms with Gasteiger partial charge in [0, 0.05) is 0 Å². The number of hydrogen-bond acceptors (Lipinski definition) is 0. The number of rotatable bonds is 0. The lowest BCUT2D eigenvalue weighted by Gasteiger charge is -1.63. The first-order chi connectivity index (χ1) is 1.73. The first-order valence-corrected chi connectivity index (χ1v) is 2.68. The van der Waals surface area contributed by atoms with Gasteiger partial charge in [-0.05, 0) is 0 Å². The van der Waals surface area contributed by atoms with E-state index >= 15 is 0 Å². The predicted octanol–water partition coefficient (Wildman–Crippen LogP) is 1.25. The van der Waals surface area contributed by atoms with Crippen LogP contribution < -0.4 is 0 Å². The highest BCUT2D eigenvalue weighted by Gasteiger charge is 1.89. The fourth-order valence-electron chi connectivity index (χ4n) is 0. The van der Waals surface area contributed by atoms with E-state index < -0.39 is 4.57 Å². The molecule has 4 heavy (non-hydrogen) atoms. The van der Waals surface area contributed by atoms with Crippen molar-refractivity contribution in [3.05, 3.63) is 0 Å². The zero-order valence-corrected chi connectivity index (χ0v) is 5.22. The summed E-state index contributed by atoms with van der Waals surface area (Å²) in [7, 11) is 1.98. The molecule has 24 valence electrons. The maximum Gasteiger partial charge on any atom is 0.435 e. The summed E-state index contributed by atoms with van der Waals surface area (Å²) in [5.74, 6) is 0. The quantitative estimate of drug-likeness (QED) is 0.306. The molecular weight excluding hydrogens is 188 g/mol. The molecule has 1 atom stereocenters. The first-order valence-electron chi connectivity index (χ1n) is 0.770. The standard InChI is InChI=1S/BFH2IP/c2-1(3)4/h4H2. The minimum atomic E-state index is -0.780. The molecule has 0 aliphatic heterocycles. The Morgan fingerprint density at radius 3 is 2.00 bits per heavy atom. The van der Waals surface area contributed by atoms with E-state index in [-0.39, 0.29) is 0 Å². The van der Waals surface area contributed by atoms with Crippen molar-refractivity contribution in [2.45, 2.75) is 0 Å². The van der Waals surface area contributed by atoms with Crippen LogP contribution in [-0.4, -0.2) is 4.57 Å². The van der Waals surface area contributed by atoms with E-state index in [4.69, 9.17) is 0 Å². The van der Waals surface area contributed by atoms with Crippen LogP contribution in [0.25, 0.3) is 0 Å². The van der Waals surface area contributed by atoms with E-state index in [0.29, 0.717) is 0 Å². The summed E-state index contributed by atoms with van der Waals surface area (Å²) in [5.41, 5.74) is 0. The molecule has 0 aromatic heterocycles. The summed E-state index contributed by atoms with van der Waals surface area (Å²) >= 11 is 1.64. The Balaban J connectivity index is 2.32. The number of halogens is 2. The van der Waals surface area contributed by atoms with Gasteiger partial charge in [-0.2, -0.15) is 0 Å². The molecule has 0 fully saturated rings. The molecule has 0 aliphatic carbocycles. The Hall–Kier alpha value is 1.15. The molecule has 0 spiro atoms. The highest BCUT2D eigenvalue weighted by Crippen LogP contribution is 2.01. The molecule has 0 radical (unpaired) electrons. The second-order valence-electron chi connectivity index (χ2n) is 0.334. The second-order valence-corrected chi connectivity index (χ2v) is 3.47. The van der Waals surface area contributed by atoms with Crippen LogP contribution in [0.15, 0.2) is 0 Å². The van der Waals surface area contributed by atoms with Crippen molar-refractivity contribution in [2.75, 3.05) is 0 Å². The molecule has 0 amide bonds. The van der Waals surface area contributed by atoms with Gasteiger partial charge in [0.1, 0.15) is 0 Å². The van der Waals surface area contributed by atoms with Crippen molar-refractivity contribution in [1.82, 2.24) is 0 Å². The average Bonchev–Trinajstić information content (AvgIpc) is 0.811. The highest BCUT2D eigenvalue weighted by molar-refractivity contribution is 14.1. The zero-order chi connectivity index (χ0) is 3.58. The van der Waals surface area contributed by atoms with Crippen LogP contribution in [0.5, 0.6) is 0 Å². The predicted molar refractivity (Wildman–Crippen MR) is 30.6 cm³/mol. The molecule has 0 aromatic rings. The maximum atomic E-state index is 10.9. The van der Waals surface area contributed by atoms with Crippen LogP contribution in [0.1, 0.15) is 0 Å². The van der Waals surface area contributed by atoms with Gasteiger partial charge in [0.25, 0.3) is 0 Å². The minimum Gasteiger partial charge on any atom is -0.314 e. The zero-order valence-electron chi connectivity index (χ0n) is 1.91. The molecule has 1 unspecified atom stereocenters. The summed E-state index contributed by atoms with van der Waals surface area (Å²) in [4.78, 5) is 0. The van der Waals surface area contributed by atoms with Crippen molar-refractivity contribution < 1.29 is 4.32 Å². The van der Waals surface area contributed by atoms with E-state index in [9.17, 15) is 4.32 Å². The Kier molecular flexibility index (Phi) is 3.09. The Morgan fingerprint density at radius 1 is 2.00 bits per heavy atom. The van der Waals surface area contributed by atoms with Gasteiger partial charge in [-0.15, -0.1) is 9.12 Å². The third-order valence-corrected chi connectivity index (χ3v) is 0. The maximum absolute atomic E-state index is 10.9. The van der Waals surface area contributed by atoms with Crippen molar-refractivity contribution in [2.24, 2.45) is 0 Å². The summed E-state index contributed by atoms with van der Waals surface area (Å²) < 4.78 is 10.2. The van der Waals surface area contributed by atoms with Gasteiger partial charge in [-0.1, -0.05) is 22.4 Å². The van der Waals surface area contributed by atoms with E-state index in [1.807, 2.05) is 9.12 Å². The third kappa shape index (κ3) is 11.0. The van der Waals surface area contributed by atoms with Gasteiger partial charge in [-0.25, -0.2) is 0 Å². The van der Waals surface area contributed by atoms with Crippen molar-refractivity contribution in [1.29, 1.82) is 0 Å². The van der Waals surface area contributed by atoms with Crippen LogP contribution in [0.3, 0.4) is 0 Å². The SMILES string of the molecule is FB(P)I. The molecule has 0 aromatic carbocycles. The van der Waals surface area contributed by atoms with Crippen molar-refractivity contribution in [3.63, 3.8) is 0 Å². The molecule has 0 saturated heterocycles. The molecule has 0 bridgehead atoms. The lowest BCUT2D eigenvalue weighted by atomic mass is 10.6. The van der Waals surface area contributed by atoms with Gasteiger partial charge in [-0.3, -0.25) is 0 Å². The molecule has 0 aliphatic rings. The molecule has 0 nitrogen and oxygen atoms in total. The Morgan fingerprint density at radius 2 is 2.00 bits per heavy atom. The van der Waals surface area contributed by atoms with E-state index in [2.05, 4.69) is 0 Å². The van der Waals surface area contributed by atoms with Crippen molar-refractivity contribution in [3.8, 4) is 0 Å². The smallest absolute Gasteiger partial charge is 0.314 e. The fourth-order valence-corrected chi connectivity index (χ4v) is 0. The monoisotopic (exact) mass is 190 g/mol. The normalized spacial score (nSPS) is 6.75. The fraction of sp³-hybridized carbons (Fsp3) is 0. The average molecular weight is 190 g/mol. The third-order valence-electron chi connectivity index (χ3n) is 0. The van der Waals surface area contributed by atoms with Gasteiger partial charge in [0.05, 0.1) is 0 Å². The molecular formula is H2BFIP. The lowest BCUT2D eigenvalue weighted by Crippen LogP contribution is -1.65. The molecule has 0 N–H and O–H groups in total. The largest absolute Gasteiger partial charge is 0.435 e. The topological polar surface area (TPSA) is 0 Å². The Bertz CT molecular complexity index is 12.8. The van der Waals surface area contributed by atoms with Crippen LogP contribution >= 0.6 is 31.5 Å². The van der Waals surface area contributed by atoms with Crippen molar-refractivity contribution >= 4 is 36.1 Å². The first kappa shape index (κ1) is 5.15. The second kappa shape index (κ2) is 2.40. The van der Waals surface area contributed by atoms with E-state index in [1.54, 1.807) is 22.4 Å². The van der Waals surface area contributed by atoms with Crippen LogP contribution in [0.2, 0.25) is 0 Å². The van der Waals surface area contributed by atoms with Crippen LogP contribution in [0, 0.1) is 0 Å². The minimum absolute atomic E-state index is 0.780. The summed E-state index contributed by atoms with van der Waals surface area (Å²) in [6.45, 7) is 0. The summed E-state index contributed by atoms with van der Waals surface area (Å²) in [5, 5.41) is 0. The van der Waals surface area contributed by atoms with E-state index in [0.717, 1.165) is 0 Å². The van der Waals surface area contributed by atoms with Gasteiger partial charge in [0.2, 0.25) is 0 Å². The van der Waals surface area contributed by atoms with E-state index in [1.165, 1.54) is 0 Å². The van der Waals surface area contributed by atoms with Gasteiger partial charge >= 0.3 is 4.57 Å². The number of hydrogen-bond donors (Lipinski definition) is 0. The lowest BCUT2D eigenvalue weighted by molar-refractivity contribution is 0.892. The molecule has 0 heterocycles. The van der Waals surface area contributed by atoms with Crippen LogP contribution in [-0.2, 0) is 0 Å². The summed E-state index contributed by atoms with van der Waals surface area (Å²) in [6.07, 6.45) is 0. The van der Waals surface area contributed by atoms with Crippen LogP contribution in [0.4, 0.5) is 4.32 Å².